The number of rotatable bonds is 4. The van der Waals surface area contributed by atoms with E-state index in [9.17, 15) is 0 Å². The van der Waals surface area contributed by atoms with E-state index in [0.717, 1.165) is 17.4 Å². The van der Waals surface area contributed by atoms with Crippen LogP contribution in [0.4, 0.5) is 11.4 Å². The molecule has 0 bridgehead atoms. The van der Waals surface area contributed by atoms with Crippen molar-refractivity contribution in [3.63, 3.8) is 0 Å². The van der Waals surface area contributed by atoms with Crippen molar-refractivity contribution in [3.8, 4) is 5.75 Å². The van der Waals surface area contributed by atoms with Gasteiger partial charge in [-0.15, -0.1) is 0 Å². The lowest BCUT2D eigenvalue weighted by atomic mass is 9.94. The van der Waals surface area contributed by atoms with Gasteiger partial charge in [0, 0.05) is 18.8 Å². The van der Waals surface area contributed by atoms with Crippen molar-refractivity contribution < 1.29 is 4.74 Å². The van der Waals surface area contributed by atoms with Crippen LogP contribution in [0.5, 0.6) is 5.75 Å². The van der Waals surface area contributed by atoms with E-state index in [0.29, 0.717) is 0 Å². The molecule has 1 heterocycles. The summed E-state index contributed by atoms with van der Waals surface area (Å²) in [5.74, 6) is 1.63. The molecule has 1 aromatic carbocycles. The molecule has 0 aromatic heterocycles. The minimum atomic E-state index is 0.721. The van der Waals surface area contributed by atoms with Gasteiger partial charge in [-0.2, -0.15) is 0 Å². The van der Waals surface area contributed by atoms with Gasteiger partial charge in [0.15, 0.2) is 0 Å². The molecule has 88 valence electrons. The highest BCUT2D eigenvalue weighted by Crippen LogP contribution is 2.32. The summed E-state index contributed by atoms with van der Waals surface area (Å²) in [5.41, 5.74) is 7.82. The molecule has 1 aliphatic heterocycles. The Kier molecular flexibility index (Phi) is 3.22. The van der Waals surface area contributed by atoms with Crippen LogP contribution < -0.4 is 15.4 Å². The van der Waals surface area contributed by atoms with Gasteiger partial charge in [0.2, 0.25) is 0 Å². The standard InChI is InChI=1S/C13H20N2O/c1-3-4-10-8-15(9-10)11-5-6-13(16-2)12(14)7-11/h5-7,10H,3-4,8-9,14H2,1-2H3. The highest BCUT2D eigenvalue weighted by atomic mass is 16.5. The molecule has 0 saturated carbocycles. The predicted molar refractivity (Wildman–Crippen MR) is 68.0 cm³/mol. The first-order chi connectivity index (χ1) is 7.74. The van der Waals surface area contributed by atoms with E-state index in [-0.39, 0.29) is 0 Å². The average molecular weight is 220 g/mol. The van der Waals surface area contributed by atoms with Crippen molar-refractivity contribution in [1.29, 1.82) is 0 Å². The third kappa shape index (κ3) is 2.08. The smallest absolute Gasteiger partial charge is 0.141 e. The second kappa shape index (κ2) is 4.64. The monoisotopic (exact) mass is 220 g/mol. The molecule has 1 aliphatic rings. The zero-order valence-corrected chi connectivity index (χ0v) is 10.1. The Bertz CT molecular complexity index is 359. The van der Waals surface area contributed by atoms with E-state index in [1.807, 2.05) is 12.1 Å². The first kappa shape index (κ1) is 11.1. The summed E-state index contributed by atoms with van der Waals surface area (Å²) in [6.07, 6.45) is 2.62. The highest BCUT2D eigenvalue weighted by Gasteiger charge is 2.26. The number of nitrogens with zero attached hydrogens (tertiary/aromatic N) is 1. The van der Waals surface area contributed by atoms with Crippen LogP contribution in [0.15, 0.2) is 18.2 Å². The number of anilines is 2. The fraction of sp³-hybridized carbons (Fsp3) is 0.538. The van der Waals surface area contributed by atoms with E-state index in [1.54, 1.807) is 7.11 Å². The topological polar surface area (TPSA) is 38.5 Å². The van der Waals surface area contributed by atoms with Crippen molar-refractivity contribution in [2.45, 2.75) is 19.8 Å². The van der Waals surface area contributed by atoms with Crippen molar-refractivity contribution in [3.05, 3.63) is 18.2 Å². The van der Waals surface area contributed by atoms with E-state index >= 15 is 0 Å². The van der Waals surface area contributed by atoms with Crippen LogP contribution in [0.2, 0.25) is 0 Å². The molecule has 0 aliphatic carbocycles. The number of methoxy groups -OCH3 is 1. The lowest BCUT2D eigenvalue weighted by Crippen LogP contribution is -2.46. The summed E-state index contributed by atoms with van der Waals surface area (Å²) in [6, 6.07) is 6.02. The molecule has 1 saturated heterocycles. The number of nitrogens with two attached hydrogens (primary N) is 1. The molecular formula is C13H20N2O. The molecule has 1 aromatic rings. The Morgan fingerprint density at radius 1 is 1.44 bits per heavy atom. The maximum Gasteiger partial charge on any atom is 0.141 e. The normalized spacial score (nSPS) is 16.0. The Balaban J connectivity index is 1.99. The Labute approximate surface area is 97.2 Å². The van der Waals surface area contributed by atoms with Crippen molar-refractivity contribution in [2.75, 3.05) is 30.8 Å². The molecule has 1 fully saturated rings. The van der Waals surface area contributed by atoms with Crippen LogP contribution in [0.25, 0.3) is 0 Å². The minimum Gasteiger partial charge on any atom is -0.495 e. The van der Waals surface area contributed by atoms with Gasteiger partial charge in [-0.3, -0.25) is 0 Å². The largest absolute Gasteiger partial charge is 0.495 e. The van der Waals surface area contributed by atoms with Gasteiger partial charge < -0.3 is 15.4 Å². The van der Waals surface area contributed by atoms with Crippen molar-refractivity contribution in [1.82, 2.24) is 0 Å². The molecule has 0 unspecified atom stereocenters. The van der Waals surface area contributed by atoms with Gasteiger partial charge >= 0.3 is 0 Å². The highest BCUT2D eigenvalue weighted by molar-refractivity contribution is 5.64. The first-order valence-corrected chi connectivity index (χ1v) is 5.93. The van der Waals surface area contributed by atoms with Gasteiger partial charge in [-0.05, 0) is 30.5 Å². The summed E-state index contributed by atoms with van der Waals surface area (Å²) in [4.78, 5) is 2.37. The van der Waals surface area contributed by atoms with E-state index in [1.165, 1.54) is 31.6 Å². The summed E-state index contributed by atoms with van der Waals surface area (Å²) in [5, 5.41) is 0. The fourth-order valence-corrected chi connectivity index (χ4v) is 2.29. The number of nitrogen functional groups attached to an aromatic ring is 1. The number of hydrogen-bond donors (Lipinski definition) is 1. The van der Waals surface area contributed by atoms with E-state index in [4.69, 9.17) is 10.5 Å². The van der Waals surface area contributed by atoms with Crippen LogP contribution in [-0.4, -0.2) is 20.2 Å². The Morgan fingerprint density at radius 2 is 2.19 bits per heavy atom. The third-order valence-electron chi connectivity index (χ3n) is 3.23. The van der Waals surface area contributed by atoms with Crippen LogP contribution in [0.3, 0.4) is 0 Å². The zero-order valence-electron chi connectivity index (χ0n) is 10.1. The molecule has 2 N–H and O–H groups in total. The summed E-state index contributed by atoms with van der Waals surface area (Å²) in [7, 11) is 1.65. The summed E-state index contributed by atoms with van der Waals surface area (Å²) >= 11 is 0. The number of hydrogen-bond acceptors (Lipinski definition) is 3. The molecule has 0 radical (unpaired) electrons. The predicted octanol–water partition coefficient (Wildman–Crippen LogP) is 2.51. The van der Waals surface area contributed by atoms with Gasteiger partial charge in [-0.1, -0.05) is 13.3 Å². The van der Waals surface area contributed by atoms with Gasteiger partial charge in [-0.25, -0.2) is 0 Å². The SMILES string of the molecule is CCCC1CN(c2ccc(OC)c(N)c2)C1. The molecule has 0 spiro atoms. The fourth-order valence-electron chi connectivity index (χ4n) is 2.29. The summed E-state index contributed by atoms with van der Waals surface area (Å²) < 4.78 is 5.15. The van der Waals surface area contributed by atoms with Crippen LogP contribution >= 0.6 is 0 Å². The van der Waals surface area contributed by atoms with Crippen LogP contribution in [0.1, 0.15) is 19.8 Å². The zero-order chi connectivity index (χ0) is 11.5. The molecule has 16 heavy (non-hydrogen) atoms. The minimum absolute atomic E-state index is 0.721. The Hall–Kier alpha value is -1.38. The molecule has 0 atom stereocenters. The summed E-state index contributed by atoms with van der Waals surface area (Å²) in [6.45, 7) is 4.58. The first-order valence-electron chi connectivity index (χ1n) is 5.93. The van der Waals surface area contributed by atoms with Crippen LogP contribution in [0, 0.1) is 5.92 Å². The van der Waals surface area contributed by atoms with Gasteiger partial charge in [0.1, 0.15) is 5.75 Å². The second-order valence-corrected chi connectivity index (χ2v) is 4.49. The second-order valence-electron chi connectivity index (χ2n) is 4.49. The maximum atomic E-state index is 5.89. The van der Waals surface area contributed by atoms with Gasteiger partial charge in [0.25, 0.3) is 0 Å². The maximum absolute atomic E-state index is 5.89. The quantitative estimate of drug-likeness (QED) is 0.792. The number of ether oxygens (including phenoxy) is 1. The molecule has 3 nitrogen and oxygen atoms in total. The van der Waals surface area contributed by atoms with E-state index in [2.05, 4.69) is 17.9 Å². The van der Waals surface area contributed by atoms with Crippen molar-refractivity contribution in [2.24, 2.45) is 5.92 Å². The molecule has 2 rings (SSSR count). The van der Waals surface area contributed by atoms with Crippen molar-refractivity contribution >= 4 is 11.4 Å². The molecule has 3 heteroatoms. The third-order valence-corrected chi connectivity index (χ3v) is 3.23. The van der Waals surface area contributed by atoms with E-state index < -0.39 is 0 Å². The van der Waals surface area contributed by atoms with Gasteiger partial charge in [0.05, 0.1) is 12.8 Å². The average Bonchev–Trinajstić information content (AvgIpc) is 2.22. The lowest BCUT2D eigenvalue weighted by Gasteiger charge is -2.41. The molecular weight excluding hydrogens is 200 g/mol. The Morgan fingerprint density at radius 3 is 2.75 bits per heavy atom. The molecule has 0 amide bonds. The van der Waals surface area contributed by atoms with Crippen LogP contribution in [-0.2, 0) is 0 Å². The number of benzene rings is 1. The lowest BCUT2D eigenvalue weighted by molar-refractivity contribution is 0.380.